The van der Waals surface area contributed by atoms with Crippen LogP contribution in [0.2, 0.25) is 5.15 Å². The summed E-state index contributed by atoms with van der Waals surface area (Å²) in [6, 6.07) is 3.07. The number of hydrogen-bond acceptors (Lipinski definition) is 3. The van der Waals surface area contributed by atoms with Crippen molar-refractivity contribution in [2.24, 2.45) is 5.92 Å². The summed E-state index contributed by atoms with van der Waals surface area (Å²) in [5.41, 5.74) is 0. The number of sulfonamides is 1. The molecule has 0 aliphatic heterocycles. The molecule has 1 aromatic heterocycles. The molecule has 0 fully saturated rings. The van der Waals surface area contributed by atoms with Gasteiger partial charge in [0.1, 0.15) is 10.0 Å². The standard InChI is InChI=1S/C12H19ClN2O2S/c1-4-10(3)9-15(5-2)18(16,17)11-7-6-8-14-12(11)13/h6-8,10H,4-5,9H2,1-3H3. The fraction of sp³-hybridized carbons (Fsp3) is 0.583. The molecular weight excluding hydrogens is 272 g/mol. The molecule has 0 aliphatic rings. The van der Waals surface area contributed by atoms with Gasteiger partial charge in [-0.05, 0) is 18.1 Å². The molecule has 18 heavy (non-hydrogen) atoms. The zero-order valence-electron chi connectivity index (χ0n) is 10.9. The summed E-state index contributed by atoms with van der Waals surface area (Å²) in [4.78, 5) is 3.90. The molecule has 1 atom stereocenters. The van der Waals surface area contributed by atoms with Gasteiger partial charge in [-0.2, -0.15) is 4.31 Å². The highest BCUT2D eigenvalue weighted by atomic mass is 35.5. The van der Waals surface area contributed by atoms with Crippen molar-refractivity contribution in [1.29, 1.82) is 0 Å². The van der Waals surface area contributed by atoms with E-state index in [1.54, 1.807) is 6.07 Å². The summed E-state index contributed by atoms with van der Waals surface area (Å²) < 4.78 is 26.3. The molecule has 0 spiro atoms. The summed E-state index contributed by atoms with van der Waals surface area (Å²) in [5, 5.41) is 0.0279. The Morgan fingerprint density at radius 1 is 1.44 bits per heavy atom. The van der Waals surface area contributed by atoms with Crippen LogP contribution in [0.25, 0.3) is 0 Å². The van der Waals surface area contributed by atoms with Crippen molar-refractivity contribution in [2.45, 2.75) is 32.1 Å². The fourth-order valence-electron chi connectivity index (χ4n) is 1.58. The van der Waals surface area contributed by atoms with Crippen molar-refractivity contribution in [3.8, 4) is 0 Å². The Hall–Kier alpha value is -0.650. The minimum Gasteiger partial charge on any atom is -0.243 e. The molecule has 1 aromatic rings. The molecule has 0 saturated carbocycles. The maximum atomic E-state index is 12.4. The van der Waals surface area contributed by atoms with Crippen LogP contribution in [0.4, 0.5) is 0 Å². The van der Waals surface area contributed by atoms with Gasteiger partial charge >= 0.3 is 0 Å². The van der Waals surface area contributed by atoms with Crippen LogP contribution in [-0.2, 0) is 10.0 Å². The molecule has 1 heterocycles. The molecule has 0 amide bonds. The van der Waals surface area contributed by atoms with Crippen molar-refractivity contribution < 1.29 is 8.42 Å². The van der Waals surface area contributed by atoms with E-state index < -0.39 is 10.0 Å². The van der Waals surface area contributed by atoms with Crippen LogP contribution >= 0.6 is 11.6 Å². The lowest BCUT2D eigenvalue weighted by Crippen LogP contribution is -2.34. The van der Waals surface area contributed by atoms with Gasteiger partial charge in [-0.1, -0.05) is 38.8 Å². The largest absolute Gasteiger partial charge is 0.246 e. The first-order valence-electron chi connectivity index (χ1n) is 6.04. The first-order chi connectivity index (χ1) is 8.43. The van der Waals surface area contributed by atoms with Gasteiger partial charge in [0.25, 0.3) is 0 Å². The first-order valence-corrected chi connectivity index (χ1v) is 7.85. The van der Waals surface area contributed by atoms with Crippen molar-refractivity contribution in [2.75, 3.05) is 13.1 Å². The average Bonchev–Trinajstić information content (AvgIpc) is 2.35. The molecule has 4 nitrogen and oxygen atoms in total. The fourth-order valence-corrected chi connectivity index (χ4v) is 3.57. The molecule has 0 radical (unpaired) electrons. The van der Waals surface area contributed by atoms with Gasteiger partial charge in [0.05, 0.1) is 0 Å². The number of aromatic nitrogens is 1. The second-order valence-electron chi connectivity index (χ2n) is 4.26. The number of hydrogen-bond donors (Lipinski definition) is 0. The predicted octanol–water partition coefficient (Wildman–Crippen LogP) is 2.79. The SMILES string of the molecule is CCC(C)CN(CC)S(=O)(=O)c1cccnc1Cl. The van der Waals surface area contributed by atoms with Crippen molar-refractivity contribution >= 4 is 21.6 Å². The second-order valence-corrected chi connectivity index (χ2v) is 6.53. The topological polar surface area (TPSA) is 50.3 Å². The van der Waals surface area contributed by atoms with Crippen LogP contribution in [0.5, 0.6) is 0 Å². The van der Waals surface area contributed by atoms with Crippen LogP contribution in [0.15, 0.2) is 23.2 Å². The number of halogens is 1. The Labute approximate surface area is 114 Å². The summed E-state index contributed by atoms with van der Waals surface area (Å²) in [5.74, 6) is 0.315. The van der Waals surface area contributed by atoms with Crippen molar-refractivity contribution in [1.82, 2.24) is 9.29 Å². The quantitative estimate of drug-likeness (QED) is 0.757. The van der Waals surface area contributed by atoms with E-state index in [0.717, 1.165) is 6.42 Å². The molecule has 0 saturated heterocycles. The maximum Gasteiger partial charge on any atom is 0.246 e. The summed E-state index contributed by atoms with van der Waals surface area (Å²) >= 11 is 5.86. The van der Waals surface area contributed by atoms with E-state index in [4.69, 9.17) is 11.6 Å². The van der Waals surface area contributed by atoms with Crippen LogP contribution in [0.3, 0.4) is 0 Å². The van der Waals surface area contributed by atoms with Crippen LogP contribution < -0.4 is 0 Å². The van der Waals surface area contributed by atoms with Gasteiger partial charge in [-0.25, -0.2) is 13.4 Å². The molecular formula is C12H19ClN2O2S. The Balaban J connectivity index is 3.08. The van der Waals surface area contributed by atoms with E-state index >= 15 is 0 Å². The zero-order valence-corrected chi connectivity index (χ0v) is 12.5. The van der Waals surface area contributed by atoms with E-state index in [1.807, 2.05) is 20.8 Å². The van der Waals surface area contributed by atoms with Crippen LogP contribution in [0, 0.1) is 5.92 Å². The molecule has 1 rings (SSSR count). The Morgan fingerprint density at radius 2 is 2.11 bits per heavy atom. The van der Waals surface area contributed by atoms with Gasteiger partial charge in [0.2, 0.25) is 10.0 Å². The smallest absolute Gasteiger partial charge is 0.243 e. The molecule has 0 N–H and O–H groups in total. The summed E-state index contributed by atoms with van der Waals surface area (Å²) in [7, 11) is -3.55. The van der Waals surface area contributed by atoms with E-state index in [1.165, 1.54) is 16.6 Å². The van der Waals surface area contributed by atoms with Crippen LogP contribution in [0.1, 0.15) is 27.2 Å². The van der Waals surface area contributed by atoms with Crippen molar-refractivity contribution in [3.05, 3.63) is 23.5 Å². The normalized spacial score (nSPS) is 13.8. The maximum absolute atomic E-state index is 12.4. The first kappa shape index (κ1) is 15.4. The third-order valence-electron chi connectivity index (χ3n) is 2.91. The summed E-state index contributed by atoms with van der Waals surface area (Å²) in [6.07, 6.45) is 2.42. The van der Waals surface area contributed by atoms with Gasteiger partial charge in [-0.3, -0.25) is 0 Å². The minimum absolute atomic E-state index is 0.0279. The number of rotatable bonds is 6. The summed E-state index contributed by atoms with van der Waals surface area (Å²) in [6.45, 7) is 6.83. The van der Waals surface area contributed by atoms with Gasteiger partial charge in [-0.15, -0.1) is 0 Å². The number of nitrogens with zero attached hydrogens (tertiary/aromatic N) is 2. The molecule has 102 valence electrons. The Morgan fingerprint density at radius 3 is 2.61 bits per heavy atom. The predicted molar refractivity (Wildman–Crippen MR) is 73.1 cm³/mol. The van der Waals surface area contributed by atoms with Gasteiger partial charge in [0.15, 0.2) is 0 Å². The van der Waals surface area contributed by atoms with Gasteiger partial charge in [0, 0.05) is 19.3 Å². The average molecular weight is 291 g/mol. The molecule has 0 aromatic carbocycles. The number of pyridine rings is 1. The van der Waals surface area contributed by atoms with Gasteiger partial charge < -0.3 is 0 Å². The third-order valence-corrected chi connectivity index (χ3v) is 5.29. The third kappa shape index (κ3) is 3.43. The minimum atomic E-state index is -3.55. The highest BCUT2D eigenvalue weighted by Gasteiger charge is 2.26. The lowest BCUT2D eigenvalue weighted by Gasteiger charge is -2.23. The molecule has 0 bridgehead atoms. The van der Waals surface area contributed by atoms with E-state index in [0.29, 0.717) is 19.0 Å². The molecule has 0 aliphatic carbocycles. The zero-order chi connectivity index (χ0) is 13.8. The molecule has 1 unspecified atom stereocenters. The van der Waals surface area contributed by atoms with E-state index in [9.17, 15) is 8.42 Å². The highest BCUT2D eigenvalue weighted by Crippen LogP contribution is 2.23. The Bertz CT molecular complexity index is 491. The van der Waals surface area contributed by atoms with Crippen molar-refractivity contribution in [3.63, 3.8) is 0 Å². The monoisotopic (exact) mass is 290 g/mol. The van der Waals surface area contributed by atoms with E-state index in [-0.39, 0.29) is 10.0 Å². The lowest BCUT2D eigenvalue weighted by molar-refractivity contribution is 0.361. The second kappa shape index (κ2) is 6.50. The van der Waals surface area contributed by atoms with E-state index in [2.05, 4.69) is 4.98 Å². The molecule has 6 heteroatoms. The highest BCUT2D eigenvalue weighted by molar-refractivity contribution is 7.89. The van der Waals surface area contributed by atoms with Crippen LogP contribution in [-0.4, -0.2) is 30.8 Å². The Kier molecular flexibility index (Phi) is 5.56. The lowest BCUT2D eigenvalue weighted by atomic mass is 10.1.